The molecule has 0 bridgehead atoms. The van der Waals surface area contributed by atoms with E-state index in [9.17, 15) is 0 Å². The molecule has 64 valence electrons. The average molecular weight is 157 g/mol. The highest BCUT2D eigenvalue weighted by Crippen LogP contribution is 2.32. The van der Waals surface area contributed by atoms with Crippen LogP contribution in [0.2, 0.25) is 0 Å². The highest BCUT2D eigenvalue weighted by atomic mass is 16.6. The van der Waals surface area contributed by atoms with E-state index in [4.69, 9.17) is 15.1 Å². The Labute approximate surface area is 67.6 Å². The van der Waals surface area contributed by atoms with E-state index in [2.05, 4.69) is 0 Å². The Morgan fingerprint density at radius 2 is 1.82 bits per heavy atom. The molecule has 0 aliphatic carbocycles. The number of ether oxygens (including phenoxy) is 1. The Kier molecular flexibility index (Phi) is 3.03. The van der Waals surface area contributed by atoms with Crippen molar-refractivity contribution in [3.63, 3.8) is 0 Å². The zero-order valence-electron chi connectivity index (χ0n) is 7.51. The topological polar surface area (TPSA) is 53.2 Å². The fraction of sp³-hybridized carbons (Fsp3) is 0.875. The van der Waals surface area contributed by atoms with E-state index < -0.39 is 12.4 Å². The molecule has 1 N–H and O–H groups in total. The fourth-order valence-electron chi connectivity index (χ4n) is 0.546. The number of nitriles is 1. The van der Waals surface area contributed by atoms with Gasteiger partial charge in [0.1, 0.15) is 6.79 Å². The summed E-state index contributed by atoms with van der Waals surface area (Å²) in [7, 11) is 0. The van der Waals surface area contributed by atoms with Crippen molar-refractivity contribution in [3.8, 4) is 6.07 Å². The van der Waals surface area contributed by atoms with Gasteiger partial charge in [-0.3, -0.25) is 0 Å². The van der Waals surface area contributed by atoms with Crippen molar-refractivity contribution in [3.05, 3.63) is 0 Å². The largest absolute Gasteiger partial charge is 0.371 e. The van der Waals surface area contributed by atoms with Crippen molar-refractivity contribution in [2.75, 3.05) is 6.79 Å². The van der Waals surface area contributed by atoms with Gasteiger partial charge in [-0.2, -0.15) is 5.26 Å². The standard InChI is InChI=1S/C8H15NO2/c1-7(2,3)8(4,5-9)11-6-10/h10H,6H2,1-4H3. The molecule has 0 aliphatic rings. The minimum atomic E-state index is -0.915. The number of hydrogen-bond donors (Lipinski definition) is 1. The number of rotatable bonds is 2. The van der Waals surface area contributed by atoms with Crippen molar-refractivity contribution in [2.24, 2.45) is 5.41 Å². The van der Waals surface area contributed by atoms with Crippen LogP contribution in [0, 0.1) is 16.7 Å². The summed E-state index contributed by atoms with van der Waals surface area (Å²) in [5.74, 6) is 0. The Hall–Kier alpha value is -0.590. The predicted octanol–water partition coefficient (Wildman–Crippen LogP) is 1.28. The summed E-state index contributed by atoms with van der Waals surface area (Å²) >= 11 is 0. The molecule has 0 aliphatic heterocycles. The monoisotopic (exact) mass is 157 g/mol. The molecule has 0 saturated heterocycles. The molecule has 1 unspecified atom stereocenters. The second kappa shape index (κ2) is 3.21. The Morgan fingerprint density at radius 3 is 1.91 bits per heavy atom. The van der Waals surface area contributed by atoms with E-state index in [-0.39, 0.29) is 5.41 Å². The van der Waals surface area contributed by atoms with Crippen molar-refractivity contribution in [1.29, 1.82) is 5.26 Å². The van der Waals surface area contributed by atoms with Gasteiger partial charge in [-0.25, -0.2) is 0 Å². The minimum absolute atomic E-state index is 0.287. The third kappa shape index (κ3) is 2.18. The molecule has 0 rings (SSSR count). The molecule has 0 aromatic rings. The van der Waals surface area contributed by atoms with E-state index >= 15 is 0 Å². The molecule has 0 amide bonds. The Morgan fingerprint density at radius 1 is 1.36 bits per heavy atom. The lowest BCUT2D eigenvalue weighted by Gasteiger charge is -2.34. The van der Waals surface area contributed by atoms with Gasteiger partial charge in [0.15, 0.2) is 5.60 Å². The van der Waals surface area contributed by atoms with Crippen LogP contribution in [0.5, 0.6) is 0 Å². The van der Waals surface area contributed by atoms with Gasteiger partial charge in [-0.05, 0) is 6.92 Å². The summed E-state index contributed by atoms with van der Waals surface area (Å²) in [6.45, 7) is 6.94. The van der Waals surface area contributed by atoms with Crippen LogP contribution in [0.4, 0.5) is 0 Å². The minimum Gasteiger partial charge on any atom is -0.371 e. The smallest absolute Gasteiger partial charge is 0.159 e. The van der Waals surface area contributed by atoms with E-state index in [1.165, 1.54) is 0 Å². The average Bonchev–Trinajstić information content (AvgIpc) is 1.86. The number of aliphatic hydroxyl groups excluding tert-OH is 1. The first-order valence-corrected chi connectivity index (χ1v) is 3.53. The molecule has 11 heavy (non-hydrogen) atoms. The highest BCUT2D eigenvalue weighted by Gasteiger charge is 2.38. The van der Waals surface area contributed by atoms with Gasteiger partial charge >= 0.3 is 0 Å². The van der Waals surface area contributed by atoms with Crippen LogP contribution >= 0.6 is 0 Å². The molecule has 0 spiro atoms. The van der Waals surface area contributed by atoms with Crippen molar-refractivity contribution < 1.29 is 9.84 Å². The third-order valence-electron chi connectivity index (χ3n) is 2.00. The lowest BCUT2D eigenvalue weighted by Crippen LogP contribution is -2.41. The van der Waals surface area contributed by atoms with Crippen molar-refractivity contribution in [2.45, 2.75) is 33.3 Å². The van der Waals surface area contributed by atoms with E-state index in [0.717, 1.165) is 0 Å². The summed E-state index contributed by atoms with van der Waals surface area (Å²) in [6.07, 6.45) is 0. The van der Waals surface area contributed by atoms with Crippen LogP contribution in [0.25, 0.3) is 0 Å². The second-order valence-corrected chi connectivity index (χ2v) is 3.67. The molecular weight excluding hydrogens is 142 g/mol. The third-order valence-corrected chi connectivity index (χ3v) is 2.00. The van der Waals surface area contributed by atoms with E-state index in [0.29, 0.717) is 0 Å². The van der Waals surface area contributed by atoms with Crippen molar-refractivity contribution >= 4 is 0 Å². The molecule has 3 heteroatoms. The summed E-state index contributed by atoms with van der Waals surface area (Å²) in [5, 5.41) is 17.3. The SMILES string of the molecule is CC(C)(C)C(C)(C#N)OCO. The molecular formula is C8H15NO2. The fourth-order valence-corrected chi connectivity index (χ4v) is 0.546. The van der Waals surface area contributed by atoms with Gasteiger partial charge in [0.2, 0.25) is 0 Å². The number of nitrogens with zero attached hydrogens (tertiary/aromatic N) is 1. The first kappa shape index (κ1) is 10.4. The number of aliphatic hydroxyl groups is 1. The molecule has 0 radical (unpaired) electrons. The Balaban J connectivity index is 4.50. The van der Waals surface area contributed by atoms with Gasteiger partial charge in [0.05, 0.1) is 6.07 Å². The second-order valence-electron chi connectivity index (χ2n) is 3.67. The van der Waals surface area contributed by atoms with Crippen LogP contribution in [0.1, 0.15) is 27.7 Å². The predicted molar refractivity (Wildman–Crippen MR) is 41.6 cm³/mol. The maximum Gasteiger partial charge on any atom is 0.159 e. The molecule has 0 saturated carbocycles. The van der Waals surface area contributed by atoms with Crippen LogP contribution in [-0.2, 0) is 4.74 Å². The summed E-state index contributed by atoms with van der Waals surface area (Å²) in [5.41, 5.74) is -1.20. The van der Waals surface area contributed by atoms with Gasteiger partial charge in [-0.1, -0.05) is 20.8 Å². The molecule has 0 fully saturated rings. The Bertz CT molecular complexity index is 166. The maximum absolute atomic E-state index is 8.77. The zero-order chi connectivity index (χ0) is 9.12. The molecule has 0 aromatic carbocycles. The quantitative estimate of drug-likeness (QED) is 0.614. The normalized spacial score (nSPS) is 17.1. The van der Waals surface area contributed by atoms with Crippen LogP contribution in [-0.4, -0.2) is 17.5 Å². The summed E-state index contributed by atoms with van der Waals surface area (Å²) in [4.78, 5) is 0. The number of hydrogen-bond acceptors (Lipinski definition) is 3. The van der Waals surface area contributed by atoms with Gasteiger partial charge in [0.25, 0.3) is 0 Å². The molecule has 0 aromatic heterocycles. The van der Waals surface area contributed by atoms with Crippen molar-refractivity contribution in [1.82, 2.24) is 0 Å². The lowest BCUT2D eigenvalue weighted by molar-refractivity contribution is -0.124. The summed E-state index contributed by atoms with van der Waals surface area (Å²) < 4.78 is 4.94. The molecule has 0 heterocycles. The van der Waals surface area contributed by atoms with Gasteiger partial charge in [-0.15, -0.1) is 0 Å². The lowest BCUT2D eigenvalue weighted by atomic mass is 9.79. The molecule has 3 nitrogen and oxygen atoms in total. The van der Waals surface area contributed by atoms with E-state index in [1.807, 2.05) is 26.8 Å². The first-order valence-electron chi connectivity index (χ1n) is 3.53. The highest BCUT2D eigenvalue weighted by molar-refractivity contribution is 5.05. The van der Waals surface area contributed by atoms with Gasteiger partial charge in [0, 0.05) is 5.41 Å². The zero-order valence-corrected chi connectivity index (χ0v) is 7.51. The van der Waals surface area contributed by atoms with Crippen LogP contribution in [0.3, 0.4) is 0 Å². The first-order chi connectivity index (χ1) is 4.87. The maximum atomic E-state index is 8.77. The van der Waals surface area contributed by atoms with E-state index in [1.54, 1.807) is 6.92 Å². The van der Waals surface area contributed by atoms with Crippen LogP contribution in [0.15, 0.2) is 0 Å². The molecule has 1 atom stereocenters. The van der Waals surface area contributed by atoms with Crippen LogP contribution < -0.4 is 0 Å². The van der Waals surface area contributed by atoms with Gasteiger partial charge < -0.3 is 9.84 Å². The summed E-state index contributed by atoms with van der Waals surface area (Å²) in [6, 6.07) is 2.04.